The van der Waals surface area contributed by atoms with Gasteiger partial charge in [-0.2, -0.15) is 0 Å². The third-order valence-corrected chi connectivity index (χ3v) is 7.23. The van der Waals surface area contributed by atoms with Gasteiger partial charge in [0.15, 0.2) is 0 Å². The minimum Gasteiger partial charge on any atom is -0.480 e. The van der Waals surface area contributed by atoms with Gasteiger partial charge in [0.1, 0.15) is 6.04 Å². The fourth-order valence-corrected chi connectivity index (χ4v) is 5.43. The second-order valence-corrected chi connectivity index (χ2v) is 10.1. The van der Waals surface area contributed by atoms with Crippen LogP contribution < -0.4 is 10.6 Å². The molecule has 0 saturated heterocycles. The van der Waals surface area contributed by atoms with E-state index in [4.69, 9.17) is 0 Å². The number of carboxylic acid groups (broad SMARTS) is 1. The topological polar surface area (TPSA) is 98.7 Å². The van der Waals surface area contributed by atoms with Crippen molar-refractivity contribution in [1.82, 2.24) is 15.5 Å². The molecule has 0 aromatic carbocycles. The quantitative estimate of drug-likeness (QED) is 0.479. The van der Waals surface area contributed by atoms with Crippen LogP contribution in [0.5, 0.6) is 0 Å². The molecule has 1 saturated carbocycles. The summed E-state index contributed by atoms with van der Waals surface area (Å²) >= 11 is 1.79. The Morgan fingerprint density at radius 1 is 1.19 bits per heavy atom. The highest BCUT2D eigenvalue weighted by Crippen LogP contribution is 2.42. The zero-order valence-electron chi connectivity index (χ0n) is 19.1. The smallest absolute Gasteiger partial charge is 0.326 e. The average Bonchev–Trinajstić information content (AvgIpc) is 3.22. The van der Waals surface area contributed by atoms with E-state index in [9.17, 15) is 19.5 Å². The van der Waals surface area contributed by atoms with Crippen molar-refractivity contribution in [2.75, 3.05) is 14.1 Å². The van der Waals surface area contributed by atoms with Crippen molar-refractivity contribution in [3.63, 3.8) is 0 Å². The Bertz CT molecular complexity index is 725. The fraction of sp³-hybridized carbons (Fsp3) is 0.696. The molecular formula is C23H37N3O4S. The van der Waals surface area contributed by atoms with E-state index in [0.29, 0.717) is 12.8 Å². The number of rotatable bonds is 11. The lowest BCUT2D eigenvalue weighted by molar-refractivity contribution is -0.142. The number of nitrogens with one attached hydrogen (secondary N) is 2. The van der Waals surface area contributed by atoms with Crippen LogP contribution in [0.2, 0.25) is 0 Å². The Balaban J connectivity index is 1.73. The van der Waals surface area contributed by atoms with Gasteiger partial charge in [0.2, 0.25) is 11.8 Å². The van der Waals surface area contributed by atoms with E-state index >= 15 is 0 Å². The number of carbonyl (C=O) groups is 3. The Morgan fingerprint density at radius 3 is 2.35 bits per heavy atom. The SMILES string of the molecule is CC(C)CC(NC(=O)CCCC(=O)NC1CCC(c2cccs2)(N(C)C)CC1)C(=O)O. The van der Waals surface area contributed by atoms with Gasteiger partial charge < -0.3 is 15.7 Å². The van der Waals surface area contributed by atoms with Crippen LogP contribution in [-0.4, -0.2) is 54.0 Å². The van der Waals surface area contributed by atoms with E-state index in [-0.39, 0.29) is 42.2 Å². The minimum absolute atomic E-state index is 0.0387. The van der Waals surface area contributed by atoms with Crippen molar-refractivity contribution < 1.29 is 19.5 Å². The first-order valence-corrected chi connectivity index (χ1v) is 12.0. The van der Waals surface area contributed by atoms with E-state index in [0.717, 1.165) is 25.7 Å². The van der Waals surface area contributed by atoms with Crippen LogP contribution in [0.25, 0.3) is 0 Å². The lowest BCUT2D eigenvalue weighted by Gasteiger charge is -2.44. The number of carboxylic acids is 1. The highest BCUT2D eigenvalue weighted by Gasteiger charge is 2.39. The zero-order valence-corrected chi connectivity index (χ0v) is 20.0. The molecule has 2 rings (SSSR count). The molecule has 1 unspecified atom stereocenters. The molecule has 2 amide bonds. The van der Waals surface area contributed by atoms with E-state index in [1.54, 1.807) is 11.3 Å². The standard InChI is InChI=1S/C23H37N3O4S/c1-16(2)15-18(22(29)30)25-21(28)9-5-8-20(27)24-17-10-12-23(13-11-17,26(3)4)19-7-6-14-31-19/h6-7,14,16-18H,5,8-13,15H2,1-4H3,(H,24,27)(H,25,28)(H,29,30). The van der Waals surface area contributed by atoms with Crippen molar-refractivity contribution in [2.45, 2.75) is 82.8 Å². The van der Waals surface area contributed by atoms with Gasteiger partial charge in [0.05, 0.1) is 5.54 Å². The maximum atomic E-state index is 12.3. The molecule has 174 valence electrons. The molecular weight excluding hydrogens is 414 g/mol. The Labute approximate surface area is 189 Å². The second kappa shape index (κ2) is 11.6. The van der Waals surface area contributed by atoms with E-state index < -0.39 is 12.0 Å². The van der Waals surface area contributed by atoms with Gasteiger partial charge in [-0.3, -0.25) is 14.5 Å². The summed E-state index contributed by atoms with van der Waals surface area (Å²) in [5, 5.41) is 17.0. The molecule has 1 heterocycles. The minimum atomic E-state index is -1.02. The molecule has 3 N–H and O–H groups in total. The fourth-order valence-electron chi connectivity index (χ4n) is 4.37. The largest absolute Gasteiger partial charge is 0.480 e. The lowest BCUT2D eigenvalue weighted by Crippen LogP contribution is -2.48. The van der Waals surface area contributed by atoms with E-state index in [2.05, 4.69) is 47.1 Å². The van der Waals surface area contributed by atoms with Crippen LogP contribution in [-0.2, 0) is 19.9 Å². The number of carbonyl (C=O) groups excluding carboxylic acids is 2. The number of hydrogen-bond donors (Lipinski definition) is 3. The molecule has 8 heteroatoms. The monoisotopic (exact) mass is 451 g/mol. The molecule has 1 aromatic rings. The highest BCUT2D eigenvalue weighted by atomic mass is 32.1. The molecule has 1 aliphatic rings. The third-order valence-electron chi connectivity index (χ3n) is 6.16. The Morgan fingerprint density at radius 2 is 1.84 bits per heavy atom. The van der Waals surface area contributed by atoms with Crippen molar-refractivity contribution in [2.24, 2.45) is 5.92 Å². The Hall–Kier alpha value is -1.93. The van der Waals surface area contributed by atoms with Crippen LogP contribution in [0.15, 0.2) is 17.5 Å². The van der Waals surface area contributed by atoms with E-state index in [1.807, 2.05) is 13.8 Å². The van der Waals surface area contributed by atoms with Gasteiger partial charge in [-0.15, -0.1) is 11.3 Å². The van der Waals surface area contributed by atoms with Gasteiger partial charge in [0, 0.05) is 23.8 Å². The number of thiophene rings is 1. The maximum Gasteiger partial charge on any atom is 0.326 e. The average molecular weight is 452 g/mol. The predicted octanol–water partition coefficient (Wildman–Crippen LogP) is 3.35. The Kier molecular flexibility index (Phi) is 9.50. The summed E-state index contributed by atoms with van der Waals surface area (Å²) in [7, 11) is 4.25. The molecule has 0 bridgehead atoms. The van der Waals surface area contributed by atoms with Gasteiger partial charge >= 0.3 is 5.97 Å². The molecule has 1 atom stereocenters. The summed E-state index contributed by atoms with van der Waals surface area (Å²) in [6.07, 6.45) is 5.09. The second-order valence-electron chi connectivity index (χ2n) is 9.19. The van der Waals surface area contributed by atoms with Crippen LogP contribution in [0.4, 0.5) is 0 Å². The van der Waals surface area contributed by atoms with Crippen molar-refractivity contribution in [3.05, 3.63) is 22.4 Å². The number of aliphatic carboxylic acids is 1. The summed E-state index contributed by atoms with van der Waals surface area (Å²) < 4.78 is 0. The molecule has 31 heavy (non-hydrogen) atoms. The first kappa shape index (κ1) is 25.3. The highest BCUT2D eigenvalue weighted by molar-refractivity contribution is 7.10. The molecule has 1 aliphatic carbocycles. The van der Waals surface area contributed by atoms with Crippen LogP contribution in [0.3, 0.4) is 0 Å². The van der Waals surface area contributed by atoms with Crippen LogP contribution in [0, 0.1) is 5.92 Å². The van der Waals surface area contributed by atoms with Gasteiger partial charge in [0.25, 0.3) is 0 Å². The van der Waals surface area contributed by atoms with Gasteiger partial charge in [-0.25, -0.2) is 4.79 Å². The molecule has 1 aromatic heterocycles. The first-order chi connectivity index (χ1) is 14.6. The third kappa shape index (κ3) is 7.31. The maximum absolute atomic E-state index is 12.3. The normalized spacial score (nSPS) is 22.3. The zero-order chi connectivity index (χ0) is 23.0. The molecule has 0 spiro atoms. The van der Waals surface area contributed by atoms with Gasteiger partial charge in [-0.1, -0.05) is 19.9 Å². The van der Waals surface area contributed by atoms with Gasteiger partial charge in [-0.05, 0) is 70.0 Å². The number of amides is 2. The summed E-state index contributed by atoms with van der Waals surface area (Å²) in [5.74, 6) is -1.20. The summed E-state index contributed by atoms with van der Waals surface area (Å²) in [6.45, 7) is 3.83. The summed E-state index contributed by atoms with van der Waals surface area (Å²) in [5.41, 5.74) is 0.0458. The summed E-state index contributed by atoms with van der Waals surface area (Å²) in [6, 6.07) is 3.59. The molecule has 0 aliphatic heterocycles. The van der Waals surface area contributed by atoms with Crippen LogP contribution in [0.1, 0.15) is 70.1 Å². The van der Waals surface area contributed by atoms with Crippen LogP contribution >= 0.6 is 11.3 Å². The van der Waals surface area contributed by atoms with Crippen molar-refractivity contribution in [1.29, 1.82) is 0 Å². The first-order valence-electron chi connectivity index (χ1n) is 11.2. The molecule has 7 nitrogen and oxygen atoms in total. The number of nitrogens with zero attached hydrogens (tertiary/aromatic N) is 1. The predicted molar refractivity (Wildman–Crippen MR) is 123 cm³/mol. The molecule has 0 radical (unpaired) electrons. The van der Waals surface area contributed by atoms with Crippen molar-refractivity contribution in [3.8, 4) is 0 Å². The lowest BCUT2D eigenvalue weighted by atomic mass is 9.77. The molecule has 1 fully saturated rings. The van der Waals surface area contributed by atoms with E-state index in [1.165, 1.54) is 4.88 Å². The number of hydrogen-bond acceptors (Lipinski definition) is 5. The summed E-state index contributed by atoms with van der Waals surface area (Å²) in [4.78, 5) is 39.3. The van der Waals surface area contributed by atoms with Crippen molar-refractivity contribution >= 4 is 29.1 Å².